The molecule has 6 nitrogen and oxygen atoms in total. The molecule has 0 spiro atoms. The summed E-state index contributed by atoms with van der Waals surface area (Å²) in [6.07, 6.45) is 4.51. The van der Waals surface area contributed by atoms with Crippen molar-refractivity contribution in [1.29, 1.82) is 0 Å². The number of nitrogens with zero attached hydrogens (tertiary/aromatic N) is 3. The summed E-state index contributed by atoms with van der Waals surface area (Å²) < 4.78 is 5.35. The first kappa shape index (κ1) is 16.5. The number of ether oxygens (including phenoxy) is 1. The zero-order valence-corrected chi connectivity index (χ0v) is 15.1. The first-order chi connectivity index (χ1) is 12.0. The second kappa shape index (κ2) is 6.07. The molecule has 2 aromatic rings. The van der Waals surface area contributed by atoms with Gasteiger partial charge >= 0.3 is 0 Å². The van der Waals surface area contributed by atoms with Crippen LogP contribution in [0.1, 0.15) is 46.6 Å². The number of amides is 1. The molecule has 0 aromatic carbocycles. The van der Waals surface area contributed by atoms with Crippen molar-refractivity contribution in [2.75, 3.05) is 7.11 Å². The van der Waals surface area contributed by atoms with Crippen LogP contribution < -0.4 is 4.74 Å². The Bertz CT molecular complexity index is 792. The largest absolute Gasteiger partial charge is 0.481 e. The van der Waals surface area contributed by atoms with Gasteiger partial charge in [0.2, 0.25) is 5.88 Å². The van der Waals surface area contributed by atoms with Gasteiger partial charge in [-0.3, -0.25) is 4.79 Å². The molecule has 2 fully saturated rings. The Labute approximate surface area is 150 Å². The van der Waals surface area contributed by atoms with E-state index >= 15 is 0 Å². The van der Waals surface area contributed by atoms with Crippen LogP contribution in [0, 0.1) is 6.92 Å². The number of aliphatic hydroxyl groups is 1. The molecule has 1 amide bonds. The number of aryl methyl sites for hydroxylation is 1. The maximum Gasteiger partial charge on any atom is 0.266 e. The van der Waals surface area contributed by atoms with Gasteiger partial charge in [-0.1, -0.05) is 0 Å². The minimum absolute atomic E-state index is 0.0302. The zero-order chi connectivity index (χ0) is 17.6. The average molecular weight is 359 g/mol. The predicted octanol–water partition coefficient (Wildman–Crippen LogP) is 2.51. The number of piperidine rings is 1. The average Bonchev–Trinajstić information content (AvgIpc) is 3.16. The number of hydrogen-bond donors (Lipinski definition) is 1. The third-order valence-electron chi connectivity index (χ3n) is 5.41. The summed E-state index contributed by atoms with van der Waals surface area (Å²) in [5.74, 6) is 0.509. The van der Waals surface area contributed by atoms with E-state index in [9.17, 15) is 9.90 Å². The first-order valence-corrected chi connectivity index (χ1v) is 9.36. The summed E-state index contributed by atoms with van der Waals surface area (Å²) >= 11 is 1.39. The molecule has 2 unspecified atom stereocenters. The van der Waals surface area contributed by atoms with Crippen molar-refractivity contribution in [2.45, 2.75) is 50.3 Å². The molecule has 132 valence electrons. The van der Waals surface area contributed by atoms with E-state index in [4.69, 9.17) is 4.74 Å². The maximum atomic E-state index is 13.0. The van der Waals surface area contributed by atoms with Crippen molar-refractivity contribution in [3.8, 4) is 5.88 Å². The molecule has 2 aliphatic rings. The van der Waals surface area contributed by atoms with Gasteiger partial charge in [-0.15, -0.1) is 11.3 Å². The van der Waals surface area contributed by atoms with E-state index in [-0.39, 0.29) is 18.0 Å². The molecule has 0 aliphatic carbocycles. The van der Waals surface area contributed by atoms with Crippen LogP contribution in [-0.2, 0) is 5.60 Å². The van der Waals surface area contributed by atoms with Crippen LogP contribution in [0.15, 0.2) is 23.8 Å². The minimum atomic E-state index is -1.01. The molecular weight excluding hydrogens is 338 g/mol. The van der Waals surface area contributed by atoms with E-state index in [2.05, 4.69) is 9.97 Å². The number of aromatic nitrogens is 2. The predicted molar refractivity (Wildman–Crippen MR) is 93.8 cm³/mol. The number of methoxy groups -OCH3 is 1. The molecule has 2 aromatic heterocycles. The fraction of sp³-hybridized carbons (Fsp3) is 0.500. The van der Waals surface area contributed by atoms with Gasteiger partial charge in [0.15, 0.2) is 0 Å². The Morgan fingerprint density at radius 1 is 1.36 bits per heavy atom. The van der Waals surface area contributed by atoms with Crippen LogP contribution in [0.5, 0.6) is 5.88 Å². The van der Waals surface area contributed by atoms with Gasteiger partial charge in [0, 0.05) is 36.7 Å². The summed E-state index contributed by atoms with van der Waals surface area (Å²) in [4.78, 5) is 24.1. The number of carbonyl (C=O) groups is 1. The van der Waals surface area contributed by atoms with E-state index < -0.39 is 5.60 Å². The first-order valence-electron chi connectivity index (χ1n) is 8.48. The molecule has 4 rings (SSSR count). The number of thiazole rings is 1. The SMILES string of the molecule is COc1ncccc1C1(O)CC2CCC(C1)N2C(=O)c1scnc1C. The van der Waals surface area contributed by atoms with Crippen molar-refractivity contribution < 1.29 is 14.6 Å². The smallest absolute Gasteiger partial charge is 0.266 e. The monoisotopic (exact) mass is 359 g/mol. The van der Waals surface area contributed by atoms with Crippen LogP contribution in [0.3, 0.4) is 0 Å². The molecule has 2 atom stereocenters. The van der Waals surface area contributed by atoms with Crippen LogP contribution in [0.25, 0.3) is 0 Å². The molecule has 2 saturated heterocycles. The fourth-order valence-electron chi connectivity index (χ4n) is 4.31. The van der Waals surface area contributed by atoms with E-state index in [1.54, 1.807) is 18.8 Å². The standard InChI is InChI=1S/C18H21N3O3S/c1-11-15(25-10-20-11)17(22)21-12-5-6-13(21)9-18(23,8-12)14-4-3-7-19-16(14)24-2/h3-4,7,10,12-13,23H,5-6,8-9H2,1-2H3. The normalized spacial score (nSPS) is 28.2. The highest BCUT2D eigenvalue weighted by Gasteiger charge is 2.51. The lowest BCUT2D eigenvalue weighted by molar-refractivity contribution is -0.0493. The van der Waals surface area contributed by atoms with Crippen molar-refractivity contribution in [3.63, 3.8) is 0 Å². The van der Waals surface area contributed by atoms with Gasteiger partial charge in [-0.25, -0.2) is 9.97 Å². The third kappa shape index (κ3) is 2.62. The van der Waals surface area contributed by atoms with E-state index in [1.807, 2.05) is 24.0 Å². The molecule has 4 heterocycles. The maximum absolute atomic E-state index is 13.0. The zero-order valence-electron chi connectivity index (χ0n) is 14.3. The number of pyridine rings is 1. The lowest BCUT2D eigenvalue weighted by Crippen LogP contribution is -2.52. The Kier molecular flexibility index (Phi) is 4.00. The molecule has 2 bridgehead atoms. The van der Waals surface area contributed by atoms with Crippen LogP contribution in [0.2, 0.25) is 0 Å². The Balaban J connectivity index is 1.64. The summed E-state index contributed by atoms with van der Waals surface area (Å²) in [5, 5.41) is 11.4. The summed E-state index contributed by atoms with van der Waals surface area (Å²) in [6, 6.07) is 3.75. The second-order valence-corrected chi connectivity index (χ2v) is 7.72. The second-order valence-electron chi connectivity index (χ2n) is 6.86. The lowest BCUT2D eigenvalue weighted by atomic mass is 9.80. The fourth-order valence-corrected chi connectivity index (χ4v) is 5.05. The quantitative estimate of drug-likeness (QED) is 0.911. The number of carbonyl (C=O) groups excluding carboxylic acids is 1. The molecule has 25 heavy (non-hydrogen) atoms. The highest BCUT2D eigenvalue weighted by molar-refractivity contribution is 7.11. The summed E-state index contributed by atoms with van der Waals surface area (Å²) in [6.45, 7) is 1.87. The van der Waals surface area contributed by atoms with Gasteiger partial charge in [0.05, 0.1) is 23.9 Å². The number of rotatable bonds is 3. The molecule has 7 heteroatoms. The van der Waals surface area contributed by atoms with E-state index in [0.29, 0.717) is 23.6 Å². The lowest BCUT2D eigenvalue weighted by Gasteiger charge is -2.44. The topological polar surface area (TPSA) is 75.6 Å². The molecule has 0 radical (unpaired) electrons. The molecular formula is C18H21N3O3S. The van der Waals surface area contributed by atoms with Crippen molar-refractivity contribution in [2.24, 2.45) is 0 Å². The van der Waals surface area contributed by atoms with Crippen molar-refractivity contribution in [1.82, 2.24) is 14.9 Å². The Hall–Kier alpha value is -1.99. The molecule has 0 saturated carbocycles. The van der Waals surface area contributed by atoms with Gasteiger partial charge in [-0.2, -0.15) is 0 Å². The molecule has 2 aliphatic heterocycles. The number of hydrogen-bond acceptors (Lipinski definition) is 6. The van der Waals surface area contributed by atoms with E-state index in [0.717, 1.165) is 24.1 Å². The van der Waals surface area contributed by atoms with Gasteiger partial charge in [0.1, 0.15) is 4.88 Å². The minimum Gasteiger partial charge on any atom is -0.481 e. The van der Waals surface area contributed by atoms with Gasteiger partial charge in [-0.05, 0) is 31.9 Å². The Morgan fingerprint density at radius 3 is 2.68 bits per heavy atom. The van der Waals surface area contributed by atoms with Gasteiger partial charge in [0.25, 0.3) is 5.91 Å². The van der Waals surface area contributed by atoms with Gasteiger partial charge < -0.3 is 14.7 Å². The molecule has 1 N–H and O–H groups in total. The van der Waals surface area contributed by atoms with Crippen LogP contribution in [-0.4, -0.2) is 45.1 Å². The van der Waals surface area contributed by atoms with E-state index in [1.165, 1.54) is 11.3 Å². The van der Waals surface area contributed by atoms with Crippen molar-refractivity contribution >= 4 is 17.2 Å². The summed E-state index contributed by atoms with van der Waals surface area (Å²) in [5.41, 5.74) is 2.20. The number of fused-ring (bicyclic) bond motifs is 2. The highest BCUT2D eigenvalue weighted by Crippen LogP contribution is 2.48. The van der Waals surface area contributed by atoms with Crippen LogP contribution in [0.4, 0.5) is 0 Å². The van der Waals surface area contributed by atoms with Crippen molar-refractivity contribution in [3.05, 3.63) is 40.0 Å². The summed E-state index contributed by atoms with van der Waals surface area (Å²) in [7, 11) is 1.56. The highest BCUT2D eigenvalue weighted by atomic mass is 32.1. The Morgan fingerprint density at radius 2 is 2.08 bits per heavy atom. The van der Waals surface area contributed by atoms with Crippen LogP contribution >= 0.6 is 11.3 Å². The third-order valence-corrected chi connectivity index (χ3v) is 6.32.